The van der Waals surface area contributed by atoms with Crippen LogP contribution >= 0.6 is 0 Å². The van der Waals surface area contributed by atoms with E-state index < -0.39 is 11.6 Å². The van der Waals surface area contributed by atoms with Crippen LogP contribution in [-0.4, -0.2) is 47.7 Å². The molecule has 1 aromatic carbocycles. The van der Waals surface area contributed by atoms with Gasteiger partial charge in [0.25, 0.3) is 0 Å². The van der Waals surface area contributed by atoms with Gasteiger partial charge in [-0.1, -0.05) is 12.5 Å². The van der Waals surface area contributed by atoms with Crippen LogP contribution in [0.25, 0.3) is 0 Å². The molecule has 4 nitrogen and oxygen atoms in total. The highest BCUT2D eigenvalue weighted by Gasteiger charge is 2.24. The third-order valence-electron chi connectivity index (χ3n) is 4.29. The van der Waals surface area contributed by atoms with Gasteiger partial charge in [-0.3, -0.25) is 9.69 Å². The van der Waals surface area contributed by atoms with Gasteiger partial charge in [-0.2, -0.15) is 0 Å². The summed E-state index contributed by atoms with van der Waals surface area (Å²) in [6, 6.07) is 3.40. The second kappa shape index (κ2) is 8.36. The highest BCUT2D eigenvalue weighted by atomic mass is 19.1. The van der Waals surface area contributed by atoms with Crippen molar-refractivity contribution in [3.8, 4) is 0 Å². The van der Waals surface area contributed by atoms with E-state index in [-0.39, 0.29) is 43.1 Å². The van der Waals surface area contributed by atoms with Gasteiger partial charge in [0.15, 0.2) is 0 Å². The second-order valence-corrected chi connectivity index (χ2v) is 6.18. The predicted octanol–water partition coefficient (Wildman–Crippen LogP) is 1.86. The number of nitrogens with zero attached hydrogens (tertiary/aromatic N) is 1. The lowest BCUT2D eigenvalue weighted by Gasteiger charge is -2.34. The Morgan fingerprint density at radius 1 is 1.39 bits per heavy atom. The lowest BCUT2D eigenvalue weighted by molar-refractivity contribution is -0.124. The third kappa shape index (κ3) is 4.97. The molecule has 1 aromatic rings. The third-order valence-corrected chi connectivity index (χ3v) is 4.29. The molecule has 2 unspecified atom stereocenters. The van der Waals surface area contributed by atoms with Crippen LogP contribution in [0.15, 0.2) is 18.2 Å². The van der Waals surface area contributed by atoms with Gasteiger partial charge in [0, 0.05) is 17.6 Å². The smallest absolute Gasteiger partial charge is 0.234 e. The summed E-state index contributed by atoms with van der Waals surface area (Å²) in [5.74, 6) is -1.38. The largest absolute Gasteiger partial charge is 0.395 e. The highest BCUT2D eigenvalue weighted by Crippen LogP contribution is 2.16. The SMILES string of the molecule is CC(Cc1c(F)cccc1F)NC(=O)CN1CCCCC1CO. The van der Waals surface area contributed by atoms with E-state index in [0.717, 1.165) is 25.8 Å². The normalized spacial score (nSPS) is 20.3. The van der Waals surface area contributed by atoms with E-state index >= 15 is 0 Å². The zero-order chi connectivity index (χ0) is 16.8. The van der Waals surface area contributed by atoms with E-state index in [0.29, 0.717) is 0 Å². The summed E-state index contributed by atoms with van der Waals surface area (Å²) < 4.78 is 27.3. The van der Waals surface area contributed by atoms with Crippen LogP contribution in [0, 0.1) is 11.6 Å². The van der Waals surface area contributed by atoms with Crippen molar-refractivity contribution in [1.82, 2.24) is 10.2 Å². The van der Waals surface area contributed by atoms with Crippen molar-refractivity contribution >= 4 is 5.91 Å². The Morgan fingerprint density at radius 2 is 2.09 bits per heavy atom. The molecule has 1 amide bonds. The number of carbonyl (C=O) groups is 1. The van der Waals surface area contributed by atoms with Crippen LogP contribution in [0.1, 0.15) is 31.7 Å². The molecule has 1 aliphatic rings. The number of aliphatic hydroxyl groups is 1. The monoisotopic (exact) mass is 326 g/mol. The molecule has 1 saturated heterocycles. The van der Waals surface area contributed by atoms with Crippen molar-refractivity contribution in [2.75, 3.05) is 19.7 Å². The van der Waals surface area contributed by atoms with Crippen molar-refractivity contribution in [3.05, 3.63) is 35.4 Å². The number of carbonyl (C=O) groups excluding carboxylic acids is 1. The molecule has 0 aliphatic carbocycles. The van der Waals surface area contributed by atoms with E-state index in [9.17, 15) is 18.7 Å². The number of benzene rings is 1. The molecule has 6 heteroatoms. The Morgan fingerprint density at radius 3 is 2.74 bits per heavy atom. The topological polar surface area (TPSA) is 52.6 Å². The number of amides is 1. The summed E-state index contributed by atoms with van der Waals surface area (Å²) in [5.41, 5.74) is -0.00786. The van der Waals surface area contributed by atoms with E-state index in [1.54, 1.807) is 6.92 Å². The number of piperidine rings is 1. The second-order valence-electron chi connectivity index (χ2n) is 6.18. The number of halogens is 2. The molecule has 1 heterocycles. The minimum Gasteiger partial charge on any atom is -0.395 e. The summed E-state index contributed by atoms with van der Waals surface area (Å²) in [6.45, 7) is 2.76. The first-order valence-corrected chi connectivity index (χ1v) is 8.08. The fraction of sp³-hybridized carbons (Fsp3) is 0.588. The lowest BCUT2D eigenvalue weighted by Crippen LogP contribution is -2.48. The summed E-state index contributed by atoms with van der Waals surface area (Å²) in [5, 5.41) is 12.1. The molecule has 2 N–H and O–H groups in total. The van der Waals surface area contributed by atoms with Crippen LogP contribution in [0.5, 0.6) is 0 Å². The van der Waals surface area contributed by atoms with Crippen LogP contribution in [0.2, 0.25) is 0 Å². The number of rotatable bonds is 6. The predicted molar refractivity (Wildman–Crippen MR) is 84.0 cm³/mol. The first-order valence-electron chi connectivity index (χ1n) is 8.08. The van der Waals surface area contributed by atoms with E-state index in [1.165, 1.54) is 18.2 Å². The van der Waals surface area contributed by atoms with Crippen molar-refractivity contribution in [1.29, 1.82) is 0 Å². The molecule has 0 saturated carbocycles. The lowest BCUT2D eigenvalue weighted by atomic mass is 10.0. The molecule has 2 rings (SSSR count). The van der Waals surface area contributed by atoms with Gasteiger partial charge in [0.05, 0.1) is 13.2 Å². The van der Waals surface area contributed by atoms with E-state index in [4.69, 9.17) is 0 Å². The van der Waals surface area contributed by atoms with Gasteiger partial charge in [-0.15, -0.1) is 0 Å². The zero-order valence-electron chi connectivity index (χ0n) is 13.4. The van der Waals surface area contributed by atoms with Crippen molar-refractivity contribution in [2.24, 2.45) is 0 Å². The van der Waals surface area contributed by atoms with Gasteiger partial charge in [-0.25, -0.2) is 8.78 Å². The summed E-state index contributed by atoms with van der Waals surface area (Å²) >= 11 is 0. The molecule has 0 aromatic heterocycles. The first kappa shape index (κ1) is 17.8. The standard InChI is InChI=1S/C17H24F2N2O2/c1-12(9-14-15(18)6-4-7-16(14)19)20-17(23)10-21-8-3-2-5-13(21)11-22/h4,6-7,12-13,22H,2-3,5,8-11H2,1H3,(H,20,23). The molecule has 2 atom stereocenters. The summed E-state index contributed by atoms with van der Waals surface area (Å²) in [4.78, 5) is 14.1. The molecule has 1 fully saturated rings. The van der Waals surface area contributed by atoms with E-state index in [2.05, 4.69) is 5.32 Å². The van der Waals surface area contributed by atoms with Crippen molar-refractivity contribution in [3.63, 3.8) is 0 Å². The Bertz CT molecular complexity index is 519. The number of aliphatic hydroxyl groups excluding tert-OH is 1. The highest BCUT2D eigenvalue weighted by molar-refractivity contribution is 5.78. The first-order chi connectivity index (χ1) is 11.0. The van der Waals surface area contributed by atoms with Crippen LogP contribution in [-0.2, 0) is 11.2 Å². The van der Waals surface area contributed by atoms with Crippen LogP contribution in [0.4, 0.5) is 8.78 Å². The molecule has 0 radical (unpaired) electrons. The average Bonchev–Trinajstić information content (AvgIpc) is 2.51. The molecule has 128 valence electrons. The number of hydrogen-bond donors (Lipinski definition) is 2. The number of likely N-dealkylation sites (tertiary alicyclic amines) is 1. The minimum atomic E-state index is -0.595. The van der Waals surface area contributed by atoms with Crippen molar-refractivity contribution < 1.29 is 18.7 Å². The van der Waals surface area contributed by atoms with Gasteiger partial charge >= 0.3 is 0 Å². The average molecular weight is 326 g/mol. The fourth-order valence-corrected chi connectivity index (χ4v) is 3.06. The van der Waals surface area contributed by atoms with Gasteiger partial charge < -0.3 is 10.4 Å². The maximum Gasteiger partial charge on any atom is 0.234 e. The maximum atomic E-state index is 13.6. The number of hydrogen-bond acceptors (Lipinski definition) is 3. The number of nitrogens with one attached hydrogen (secondary N) is 1. The molecule has 23 heavy (non-hydrogen) atoms. The van der Waals surface area contributed by atoms with Crippen LogP contribution < -0.4 is 5.32 Å². The van der Waals surface area contributed by atoms with Gasteiger partial charge in [-0.05, 0) is 44.9 Å². The summed E-state index contributed by atoms with van der Waals surface area (Å²) in [6.07, 6.45) is 3.07. The summed E-state index contributed by atoms with van der Waals surface area (Å²) in [7, 11) is 0. The van der Waals surface area contributed by atoms with E-state index in [1.807, 2.05) is 4.90 Å². The Labute approximate surface area is 135 Å². The van der Waals surface area contributed by atoms with Crippen molar-refractivity contribution in [2.45, 2.75) is 44.7 Å². The Kier molecular flexibility index (Phi) is 6.47. The minimum absolute atomic E-state index is 0.00786. The molecule has 0 bridgehead atoms. The molecular formula is C17H24F2N2O2. The Balaban J connectivity index is 1.87. The quantitative estimate of drug-likeness (QED) is 0.839. The molecule has 1 aliphatic heterocycles. The molecule has 0 spiro atoms. The maximum absolute atomic E-state index is 13.6. The van der Waals surface area contributed by atoms with Crippen LogP contribution in [0.3, 0.4) is 0 Å². The Hall–Kier alpha value is -1.53. The zero-order valence-corrected chi connectivity index (χ0v) is 13.4. The van der Waals surface area contributed by atoms with Gasteiger partial charge in [0.1, 0.15) is 11.6 Å². The van der Waals surface area contributed by atoms with Gasteiger partial charge in [0.2, 0.25) is 5.91 Å². The molecular weight excluding hydrogens is 302 g/mol. The fourth-order valence-electron chi connectivity index (χ4n) is 3.06.